The Morgan fingerprint density at radius 3 is 2.68 bits per heavy atom. The fraction of sp³-hybridized carbons (Fsp3) is 0.381. The lowest BCUT2D eigenvalue weighted by Crippen LogP contribution is -2.50. The summed E-state index contributed by atoms with van der Waals surface area (Å²) in [5.74, 6) is 3.90. The number of aromatic nitrogens is 9. The summed E-state index contributed by atoms with van der Waals surface area (Å²) in [6.07, 6.45) is 13.6. The van der Waals surface area contributed by atoms with Gasteiger partial charge in [-0.3, -0.25) is 14.1 Å². The average molecular weight is 414 g/mol. The van der Waals surface area contributed by atoms with Crippen molar-refractivity contribution in [2.45, 2.75) is 51.6 Å². The van der Waals surface area contributed by atoms with Gasteiger partial charge in [0.15, 0.2) is 17.5 Å². The van der Waals surface area contributed by atoms with E-state index in [9.17, 15) is 0 Å². The Labute approximate surface area is 179 Å². The number of hydrogen-bond donors (Lipinski definition) is 0. The minimum Gasteiger partial charge on any atom is -0.339 e. The number of rotatable bonds is 4. The van der Waals surface area contributed by atoms with Crippen LogP contribution in [0.25, 0.3) is 23.2 Å². The molecule has 4 aromatic rings. The maximum Gasteiger partial charge on any atom is 0.237 e. The SMILES string of the molecule is CC[C@]1(C)c2nnc(C)n2-c2cnc(-n3ccnc3-c3cnccn3)nc2N1C1CC1. The minimum absolute atomic E-state index is 0.288. The van der Waals surface area contributed by atoms with Gasteiger partial charge in [0.2, 0.25) is 5.95 Å². The van der Waals surface area contributed by atoms with E-state index in [-0.39, 0.29) is 5.54 Å². The summed E-state index contributed by atoms with van der Waals surface area (Å²) >= 11 is 0. The smallest absolute Gasteiger partial charge is 0.237 e. The van der Waals surface area contributed by atoms with Crippen LogP contribution in [0.15, 0.2) is 37.2 Å². The van der Waals surface area contributed by atoms with Crippen molar-refractivity contribution in [2.24, 2.45) is 0 Å². The summed E-state index contributed by atoms with van der Waals surface area (Å²) in [7, 11) is 0. The zero-order valence-corrected chi connectivity index (χ0v) is 17.6. The Kier molecular flexibility index (Phi) is 3.74. The topological polar surface area (TPSA) is 103 Å². The van der Waals surface area contributed by atoms with Crippen LogP contribution in [0.3, 0.4) is 0 Å². The summed E-state index contributed by atoms with van der Waals surface area (Å²) in [6.45, 7) is 6.40. The van der Waals surface area contributed by atoms with E-state index in [0.717, 1.165) is 42.4 Å². The van der Waals surface area contributed by atoms with E-state index in [1.165, 1.54) is 0 Å². The molecule has 1 fully saturated rings. The zero-order valence-electron chi connectivity index (χ0n) is 17.6. The fourth-order valence-electron chi connectivity index (χ4n) is 4.46. The quantitative estimate of drug-likeness (QED) is 0.502. The van der Waals surface area contributed by atoms with E-state index in [4.69, 9.17) is 4.98 Å². The van der Waals surface area contributed by atoms with E-state index in [2.05, 4.69) is 53.4 Å². The Morgan fingerprint density at radius 2 is 1.94 bits per heavy atom. The number of imidazole rings is 1. The molecule has 31 heavy (non-hydrogen) atoms. The lowest BCUT2D eigenvalue weighted by molar-refractivity contribution is 0.372. The number of fused-ring (bicyclic) bond motifs is 3. The molecule has 0 saturated heterocycles. The maximum atomic E-state index is 5.06. The van der Waals surface area contributed by atoms with Crippen molar-refractivity contribution in [1.29, 1.82) is 0 Å². The van der Waals surface area contributed by atoms with Gasteiger partial charge in [-0.25, -0.2) is 15.0 Å². The molecule has 1 aliphatic carbocycles. The Balaban J connectivity index is 1.56. The van der Waals surface area contributed by atoms with Crippen LogP contribution in [0.1, 0.15) is 44.8 Å². The Morgan fingerprint density at radius 1 is 1.06 bits per heavy atom. The van der Waals surface area contributed by atoms with Gasteiger partial charge in [0.1, 0.15) is 17.2 Å². The van der Waals surface area contributed by atoms with Crippen molar-refractivity contribution >= 4 is 5.82 Å². The van der Waals surface area contributed by atoms with Crippen molar-refractivity contribution < 1.29 is 0 Å². The second-order valence-corrected chi connectivity index (χ2v) is 8.23. The number of anilines is 1. The molecule has 10 nitrogen and oxygen atoms in total. The van der Waals surface area contributed by atoms with Crippen molar-refractivity contribution in [3.63, 3.8) is 0 Å². The van der Waals surface area contributed by atoms with Crippen molar-refractivity contribution in [2.75, 3.05) is 4.90 Å². The second-order valence-electron chi connectivity index (χ2n) is 8.23. The predicted octanol–water partition coefficient (Wildman–Crippen LogP) is 2.62. The molecule has 1 atom stereocenters. The molecule has 0 radical (unpaired) electrons. The molecule has 156 valence electrons. The molecule has 4 aromatic heterocycles. The van der Waals surface area contributed by atoms with Crippen molar-refractivity contribution in [3.8, 4) is 23.2 Å². The third-order valence-corrected chi connectivity index (χ3v) is 6.29. The average Bonchev–Trinajstić information content (AvgIpc) is 3.36. The largest absolute Gasteiger partial charge is 0.339 e. The molecule has 0 bridgehead atoms. The normalized spacial score (nSPS) is 19.9. The Bertz CT molecular complexity index is 1270. The molecule has 0 N–H and O–H groups in total. The number of nitrogens with zero attached hydrogens (tertiary/aromatic N) is 10. The highest BCUT2D eigenvalue weighted by atomic mass is 15.4. The number of hydrogen-bond acceptors (Lipinski definition) is 8. The van der Waals surface area contributed by atoms with Gasteiger partial charge in [-0.2, -0.15) is 4.98 Å². The fourth-order valence-corrected chi connectivity index (χ4v) is 4.46. The van der Waals surface area contributed by atoms with E-state index < -0.39 is 0 Å². The lowest BCUT2D eigenvalue weighted by Gasteiger charge is -2.45. The van der Waals surface area contributed by atoms with Gasteiger partial charge in [0.25, 0.3) is 0 Å². The van der Waals surface area contributed by atoms with Crippen LogP contribution in [0.2, 0.25) is 0 Å². The first-order chi connectivity index (χ1) is 15.1. The van der Waals surface area contributed by atoms with Gasteiger partial charge < -0.3 is 4.90 Å². The summed E-state index contributed by atoms with van der Waals surface area (Å²) in [5.41, 5.74) is 1.30. The van der Waals surface area contributed by atoms with Crippen LogP contribution >= 0.6 is 0 Å². The van der Waals surface area contributed by atoms with E-state index in [1.807, 2.05) is 23.9 Å². The van der Waals surface area contributed by atoms with E-state index in [1.54, 1.807) is 24.8 Å². The van der Waals surface area contributed by atoms with Crippen LogP contribution in [-0.2, 0) is 5.54 Å². The molecule has 6 rings (SSSR count). The van der Waals surface area contributed by atoms with Crippen molar-refractivity contribution in [1.82, 2.24) is 44.3 Å². The third kappa shape index (κ3) is 2.54. The Hall–Kier alpha value is -3.69. The first-order valence-electron chi connectivity index (χ1n) is 10.5. The van der Waals surface area contributed by atoms with Gasteiger partial charge in [-0.15, -0.1) is 10.2 Å². The molecule has 0 spiro atoms. The molecule has 1 aliphatic heterocycles. The monoisotopic (exact) mass is 414 g/mol. The number of aryl methyl sites for hydroxylation is 1. The molecular weight excluding hydrogens is 392 g/mol. The first-order valence-corrected chi connectivity index (χ1v) is 10.5. The summed E-state index contributed by atoms with van der Waals surface area (Å²) in [5, 5.41) is 8.93. The van der Waals surface area contributed by atoms with Gasteiger partial charge in [-0.1, -0.05) is 6.92 Å². The lowest BCUT2D eigenvalue weighted by atomic mass is 9.92. The van der Waals surface area contributed by atoms with Gasteiger partial charge in [0, 0.05) is 30.8 Å². The third-order valence-electron chi connectivity index (χ3n) is 6.29. The molecule has 2 aliphatic rings. The predicted molar refractivity (Wildman–Crippen MR) is 113 cm³/mol. The summed E-state index contributed by atoms with van der Waals surface area (Å²) in [4.78, 5) is 25.2. The summed E-state index contributed by atoms with van der Waals surface area (Å²) in [6, 6.07) is 0.444. The molecule has 0 amide bonds. The molecule has 0 aromatic carbocycles. The van der Waals surface area contributed by atoms with E-state index in [0.29, 0.717) is 23.5 Å². The first kappa shape index (κ1) is 18.1. The molecule has 5 heterocycles. The highest BCUT2D eigenvalue weighted by molar-refractivity contribution is 5.65. The molecule has 10 heteroatoms. The van der Waals surface area contributed by atoms with Crippen molar-refractivity contribution in [3.05, 3.63) is 48.8 Å². The van der Waals surface area contributed by atoms with Crippen LogP contribution < -0.4 is 4.90 Å². The van der Waals surface area contributed by atoms with Gasteiger partial charge in [0.05, 0.1) is 17.9 Å². The van der Waals surface area contributed by atoms with Gasteiger partial charge in [-0.05, 0) is 33.1 Å². The van der Waals surface area contributed by atoms with Crippen LogP contribution in [-0.4, -0.2) is 50.3 Å². The molecular formula is C21H22N10. The second kappa shape index (κ2) is 6.40. The molecule has 1 saturated carbocycles. The maximum absolute atomic E-state index is 5.06. The van der Waals surface area contributed by atoms with Crippen LogP contribution in [0.5, 0.6) is 0 Å². The zero-order chi connectivity index (χ0) is 21.2. The highest BCUT2D eigenvalue weighted by Crippen LogP contribution is 2.48. The highest BCUT2D eigenvalue weighted by Gasteiger charge is 2.49. The minimum atomic E-state index is -0.288. The van der Waals surface area contributed by atoms with Gasteiger partial charge >= 0.3 is 0 Å². The van der Waals surface area contributed by atoms with Crippen LogP contribution in [0.4, 0.5) is 5.82 Å². The standard InChI is InChI=1S/C21H22N10/c1-4-21(3)19-28-27-13(2)30(19)16-12-25-20(26-18(16)31(21)14-5-6-14)29-10-9-24-17(29)15-11-22-7-8-23-15/h7-12,14H,4-6H2,1-3H3/t21-/m1/s1. The summed E-state index contributed by atoms with van der Waals surface area (Å²) < 4.78 is 3.95. The molecule has 0 unspecified atom stereocenters. The van der Waals surface area contributed by atoms with E-state index >= 15 is 0 Å². The van der Waals surface area contributed by atoms with Crippen LogP contribution in [0, 0.1) is 6.92 Å².